The number of nitrogens with zero attached hydrogens (tertiary/aromatic N) is 5. The molecule has 0 unspecified atom stereocenters. The smallest absolute Gasteiger partial charge is 0.233 e. The molecule has 0 spiro atoms. The number of thioether (sulfide) groups is 1. The van der Waals surface area contributed by atoms with E-state index in [2.05, 4.69) is 19.7 Å². The second kappa shape index (κ2) is 8.56. The second-order valence-electron chi connectivity index (χ2n) is 6.83. The molecule has 1 aliphatic carbocycles. The summed E-state index contributed by atoms with van der Waals surface area (Å²) in [6, 6.07) is 14.4. The average molecular weight is 394 g/mol. The molecule has 1 fully saturated rings. The SMILES string of the molecule is CCN(Cc1ccccc1)C(=O)CSc1nnc(-c2cccnc2)n1C1CC1. The number of carbonyl (C=O) groups excluding carboxylic acids is 1. The Hall–Kier alpha value is -2.67. The van der Waals surface area contributed by atoms with Gasteiger partial charge in [-0.1, -0.05) is 42.1 Å². The third-order valence-corrected chi connectivity index (χ3v) is 5.70. The molecule has 0 bridgehead atoms. The maximum atomic E-state index is 12.8. The molecule has 2 heterocycles. The van der Waals surface area contributed by atoms with E-state index in [-0.39, 0.29) is 5.91 Å². The van der Waals surface area contributed by atoms with Crippen molar-refractivity contribution in [2.45, 2.75) is 37.5 Å². The molecule has 3 aromatic rings. The molecule has 1 aliphatic rings. The molecule has 0 N–H and O–H groups in total. The molecular formula is C21H23N5OS. The highest BCUT2D eigenvalue weighted by Gasteiger charge is 2.30. The van der Waals surface area contributed by atoms with E-state index in [4.69, 9.17) is 0 Å². The zero-order valence-corrected chi connectivity index (χ0v) is 16.7. The second-order valence-corrected chi connectivity index (χ2v) is 7.77. The summed E-state index contributed by atoms with van der Waals surface area (Å²) in [6.45, 7) is 3.33. The first-order valence-electron chi connectivity index (χ1n) is 9.56. The van der Waals surface area contributed by atoms with Crippen LogP contribution in [0.2, 0.25) is 0 Å². The Bertz CT molecular complexity index is 924. The van der Waals surface area contributed by atoms with Crippen LogP contribution < -0.4 is 0 Å². The molecule has 0 aliphatic heterocycles. The Balaban J connectivity index is 1.46. The van der Waals surface area contributed by atoms with Gasteiger partial charge in [0.25, 0.3) is 0 Å². The first-order chi connectivity index (χ1) is 13.8. The highest BCUT2D eigenvalue weighted by atomic mass is 32.2. The molecule has 0 radical (unpaired) electrons. The minimum atomic E-state index is 0.115. The molecule has 0 saturated heterocycles. The minimum absolute atomic E-state index is 0.115. The van der Waals surface area contributed by atoms with Crippen LogP contribution in [0.25, 0.3) is 11.4 Å². The number of hydrogen-bond donors (Lipinski definition) is 0. The van der Waals surface area contributed by atoms with Gasteiger partial charge in [-0.2, -0.15) is 0 Å². The number of benzene rings is 1. The molecule has 1 amide bonds. The number of pyridine rings is 1. The highest BCUT2D eigenvalue weighted by molar-refractivity contribution is 7.99. The first kappa shape index (κ1) is 18.7. The lowest BCUT2D eigenvalue weighted by Gasteiger charge is -2.20. The Kier molecular flexibility index (Phi) is 5.71. The van der Waals surface area contributed by atoms with Crippen LogP contribution in [0.1, 0.15) is 31.4 Å². The van der Waals surface area contributed by atoms with Gasteiger partial charge < -0.3 is 4.90 Å². The molecule has 2 aromatic heterocycles. The van der Waals surface area contributed by atoms with Crippen LogP contribution in [-0.2, 0) is 11.3 Å². The van der Waals surface area contributed by atoms with Gasteiger partial charge in [0.2, 0.25) is 5.91 Å². The molecular weight excluding hydrogens is 370 g/mol. The van der Waals surface area contributed by atoms with E-state index in [1.807, 2.05) is 54.3 Å². The van der Waals surface area contributed by atoms with E-state index >= 15 is 0 Å². The zero-order chi connectivity index (χ0) is 19.3. The van der Waals surface area contributed by atoms with Gasteiger partial charge in [-0.25, -0.2) is 0 Å². The maximum Gasteiger partial charge on any atom is 0.233 e. The number of amides is 1. The van der Waals surface area contributed by atoms with Crippen LogP contribution in [0.5, 0.6) is 0 Å². The van der Waals surface area contributed by atoms with Gasteiger partial charge in [-0.3, -0.25) is 14.3 Å². The van der Waals surface area contributed by atoms with Crippen LogP contribution in [-0.4, -0.2) is 42.9 Å². The number of hydrogen-bond acceptors (Lipinski definition) is 5. The summed E-state index contributed by atoms with van der Waals surface area (Å²) in [6.07, 6.45) is 5.81. The lowest BCUT2D eigenvalue weighted by atomic mass is 10.2. The minimum Gasteiger partial charge on any atom is -0.338 e. The van der Waals surface area contributed by atoms with E-state index in [9.17, 15) is 4.79 Å². The number of carbonyl (C=O) groups is 1. The Morgan fingerprint density at radius 1 is 1.18 bits per heavy atom. The maximum absolute atomic E-state index is 12.8. The standard InChI is InChI=1S/C21H23N5OS/c1-2-25(14-16-7-4-3-5-8-16)19(27)15-28-21-24-23-20(26(21)18-10-11-18)17-9-6-12-22-13-17/h3-9,12-13,18H,2,10-11,14-15H2,1H3. The van der Waals surface area contributed by atoms with Crippen molar-refractivity contribution in [2.75, 3.05) is 12.3 Å². The molecule has 1 saturated carbocycles. The van der Waals surface area contributed by atoms with Crippen molar-refractivity contribution < 1.29 is 4.79 Å². The van der Waals surface area contributed by atoms with Crippen molar-refractivity contribution >= 4 is 17.7 Å². The van der Waals surface area contributed by atoms with Gasteiger partial charge in [-0.15, -0.1) is 10.2 Å². The van der Waals surface area contributed by atoms with Gasteiger partial charge in [0, 0.05) is 37.1 Å². The van der Waals surface area contributed by atoms with E-state index in [0.717, 1.165) is 34.9 Å². The van der Waals surface area contributed by atoms with E-state index in [1.165, 1.54) is 11.8 Å². The average Bonchev–Trinajstić information content (AvgIpc) is 3.50. The molecule has 6 nitrogen and oxygen atoms in total. The lowest BCUT2D eigenvalue weighted by molar-refractivity contribution is -0.128. The van der Waals surface area contributed by atoms with E-state index in [0.29, 0.717) is 24.9 Å². The van der Waals surface area contributed by atoms with Gasteiger partial charge in [0.05, 0.1) is 5.75 Å². The van der Waals surface area contributed by atoms with E-state index in [1.54, 1.807) is 12.4 Å². The van der Waals surface area contributed by atoms with Crippen molar-refractivity contribution in [1.82, 2.24) is 24.6 Å². The van der Waals surface area contributed by atoms with Crippen molar-refractivity contribution in [3.05, 3.63) is 60.4 Å². The largest absolute Gasteiger partial charge is 0.338 e. The van der Waals surface area contributed by atoms with Crippen molar-refractivity contribution in [3.8, 4) is 11.4 Å². The number of rotatable bonds is 8. The highest BCUT2D eigenvalue weighted by Crippen LogP contribution is 2.40. The van der Waals surface area contributed by atoms with Gasteiger partial charge in [0.1, 0.15) is 0 Å². The zero-order valence-electron chi connectivity index (χ0n) is 15.9. The fraction of sp³-hybridized carbons (Fsp3) is 0.333. The summed E-state index contributed by atoms with van der Waals surface area (Å²) in [5.74, 6) is 1.31. The topological polar surface area (TPSA) is 63.9 Å². The molecule has 1 aromatic carbocycles. The summed E-state index contributed by atoms with van der Waals surface area (Å²) in [5, 5.41) is 9.57. The summed E-state index contributed by atoms with van der Waals surface area (Å²) < 4.78 is 2.17. The van der Waals surface area contributed by atoms with Gasteiger partial charge in [0.15, 0.2) is 11.0 Å². The number of aromatic nitrogens is 4. The third-order valence-electron chi connectivity index (χ3n) is 4.77. The van der Waals surface area contributed by atoms with Gasteiger partial charge >= 0.3 is 0 Å². The van der Waals surface area contributed by atoms with Crippen LogP contribution in [0.3, 0.4) is 0 Å². The van der Waals surface area contributed by atoms with Gasteiger partial charge in [-0.05, 0) is 37.5 Å². The molecule has 4 rings (SSSR count). The summed E-state index contributed by atoms with van der Waals surface area (Å²) in [5.41, 5.74) is 2.10. The van der Waals surface area contributed by atoms with Crippen LogP contribution in [0.15, 0.2) is 60.0 Å². The predicted molar refractivity (Wildman–Crippen MR) is 110 cm³/mol. The summed E-state index contributed by atoms with van der Waals surface area (Å²) >= 11 is 1.47. The third kappa shape index (κ3) is 4.25. The fourth-order valence-electron chi connectivity index (χ4n) is 3.13. The van der Waals surface area contributed by atoms with Crippen molar-refractivity contribution in [3.63, 3.8) is 0 Å². The van der Waals surface area contributed by atoms with E-state index < -0.39 is 0 Å². The predicted octanol–water partition coefficient (Wildman–Crippen LogP) is 3.82. The molecule has 0 atom stereocenters. The van der Waals surface area contributed by atoms with Crippen LogP contribution in [0.4, 0.5) is 0 Å². The summed E-state index contributed by atoms with van der Waals surface area (Å²) in [4.78, 5) is 18.8. The Morgan fingerprint density at radius 3 is 2.68 bits per heavy atom. The Labute approximate surface area is 169 Å². The summed E-state index contributed by atoms with van der Waals surface area (Å²) in [7, 11) is 0. The fourth-order valence-corrected chi connectivity index (χ4v) is 4.04. The molecule has 7 heteroatoms. The molecule has 28 heavy (non-hydrogen) atoms. The van der Waals surface area contributed by atoms with Crippen molar-refractivity contribution in [1.29, 1.82) is 0 Å². The normalized spacial score (nSPS) is 13.5. The first-order valence-corrected chi connectivity index (χ1v) is 10.5. The molecule has 144 valence electrons. The van der Waals surface area contributed by atoms with Crippen LogP contribution >= 0.6 is 11.8 Å². The quantitative estimate of drug-likeness (QED) is 0.545. The monoisotopic (exact) mass is 393 g/mol. The Morgan fingerprint density at radius 2 is 2.00 bits per heavy atom. The van der Waals surface area contributed by atoms with Crippen molar-refractivity contribution in [2.24, 2.45) is 0 Å². The lowest BCUT2D eigenvalue weighted by Crippen LogP contribution is -2.31. The van der Waals surface area contributed by atoms with Crippen LogP contribution in [0, 0.1) is 0 Å².